The molecule has 4 nitrogen and oxygen atoms in total. The predicted octanol–water partition coefficient (Wildman–Crippen LogP) is 0.912. The van der Waals surface area contributed by atoms with Gasteiger partial charge in [0.15, 0.2) is 0 Å². The average Bonchev–Trinajstić information content (AvgIpc) is 2.25. The van der Waals surface area contributed by atoms with E-state index < -0.39 is 6.09 Å². The third-order valence-electron chi connectivity index (χ3n) is 2.16. The molecule has 0 aliphatic rings. The van der Waals surface area contributed by atoms with E-state index in [0.717, 1.165) is 6.42 Å². The van der Waals surface area contributed by atoms with E-state index in [0.29, 0.717) is 6.61 Å². The molecular weight excluding hydrogens is 192 g/mol. The molecule has 0 fully saturated rings. The summed E-state index contributed by atoms with van der Waals surface area (Å²) >= 11 is 0. The molecule has 1 atom stereocenters. The molecular formula is C11H16N2O2. The molecule has 15 heavy (non-hydrogen) atoms. The number of likely N-dealkylation sites (N-methyl/N-ethyl adjacent to an activating group) is 1. The van der Waals surface area contributed by atoms with Crippen LogP contribution in [0.5, 0.6) is 0 Å². The normalized spacial score (nSPS) is 12.1. The van der Waals surface area contributed by atoms with Gasteiger partial charge < -0.3 is 15.8 Å². The molecule has 0 bridgehead atoms. The number of carbonyl (C=O) groups is 1. The van der Waals surface area contributed by atoms with Crippen LogP contribution in [0.4, 0.5) is 4.79 Å². The maximum absolute atomic E-state index is 10.4. The molecule has 0 unspecified atom stereocenters. The van der Waals surface area contributed by atoms with E-state index in [1.807, 2.05) is 37.4 Å². The first-order valence-corrected chi connectivity index (χ1v) is 4.86. The van der Waals surface area contributed by atoms with Crippen LogP contribution in [0.25, 0.3) is 0 Å². The minimum absolute atomic E-state index is 0.0971. The van der Waals surface area contributed by atoms with Gasteiger partial charge in [0.1, 0.15) is 6.61 Å². The summed E-state index contributed by atoms with van der Waals surface area (Å²) in [5.41, 5.74) is 6.10. The Hall–Kier alpha value is -1.55. The van der Waals surface area contributed by atoms with Crippen LogP contribution < -0.4 is 11.1 Å². The van der Waals surface area contributed by atoms with E-state index in [1.165, 1.54) is 5.56 Å². The number of amides is 1. The molecule has 0 aliphatic heterocycles. The molecule has 82 valence electrons. The smallest absolute Gasteiger partial charge is 0.404 e. The second-order valence-corrected chi connectivity index (χ2v) is 3.31. The molecule has 0 saturated heterocycles. The maximum atomic E-state index is 10.4. The van der Waals surface area contributed by atoms with Crippen molar-refractivity contribution in [1.82, 2.24) is 5.32 Å². The number of hydrogen-bond acceptors (Lipinski definition) is 3. The van der Waals surface area contributed by atoms with Gasteiger partial charge in [-0.2, -0.15) is 0 Å². The van der Waals surface area contributed by atoms with Gasteiger partial charge >= 0.3 is 6.09 Å². The van der Waals surface area contributed by atoms with E-state index in [-0.39, 0.29) is 6.04 Å². The first-order valence-electron chi connectivity index (χ1n) is 4.86. The Bertz CT molecular complexity index is 301. The summed E-state index contributed by atoms with van der Waals surface area (Å²) in [5.74, 6) is 0. The molecule has 0 saturated carbocycles. The SMILES string of the molecule is CN[C@@H](COC(N)=O)Cc1ccccc1. The van der Waals surface area contributed by atoms with Crippen LogP contribution in [-0.2, 0) is 11.2 Å². The quantitative estimate of drug-likeness (QED) is 0.756. The minimum atomic E-state index is -0.733. The van der Waals surface area contributed by atoms with Crippen LogP contribution >= 0.6 is 0 Å². The second-order valence-electron chi connectivity index (χ2n) is 3.31. The fraction of sp³-hybridized carbons (Fsp3) is 0.364. The summed E-state index contributed by atoms with van der Waals surface area (Å²) in [6, 6.07) is 10.1. The number of primary amides is 1. The van der Waals surface area contributed by atoms with Crippen molar-refractivity contribution in [3.8, 4) is 0 Å². The van der Waals surface area contributed by atoms with Crippen molar-refractivity contribution < 1.29 is 9.53 Å². The van der Waals surface area contributed by atoms with E-state index in [4.69, 9.17) is 10.5 Å². The Balaban J connectivity index is 2.43. The lowest BCUT2D eigenvalue weighted by Gasteiger charge is -2.15. The van der Waals surface area contributed by atoms with E-state index in [1.54, 1.807) is 0 Å². The Labute approximate surface area is 89.4 Å². The van der Waals surface area contributed by atoms with Gasteiger partial charge in [-0.05, 0) is 19.0 Å². The first kappa shape index (κ1) is 11.5. The van der Waals surface area contributed by atoms with Gasteiger partial charge in [0.2, 0.25) is 0 Å². The van der Waals surface area contributed by atoms with Gasteiger partial charge in [0.05, 0.1) is 0 Å². The molecule has 1 aromatic rings. The highest BCUT2D eigenvalue weighted by atomic mass is 16.5. The lowest BCUT2D eigenvalue weighted by molar-refractivity contribution is 0.144. The molecule has 0 spiro atoms. The van der Waals surface area contributed by atoms with E-state index >= 15 is 0 Å². The highest BCUT2D eigenvalue weighted by molar-refractivity contribution is 5.64. The number of carbonyl (C=O) groups excluding carboxylic acids is 1. The van der Waals surface area contributed by atoms with Gasteiger partial charge in [-0.3, -0.25) is 0 Å². The van der Waals surface area contributed by atoms with Gasteiger partial charge in [-0.15, -0.1) is 0 Å². The predicted molar refractivity (Wildman–Crippen MR) is 58.5 cm³/mol. The fourth-order valence-corrected chi connectivity index (χ4v) is 1.33. The van der Waals surface area contributed by atoms with Crippen molar-refractivity contribution in [3.63, 3.8) is 0 Å². The Kier molecular flexibility index (Phi) is 4.63. The first-order chi connectivity index (χ1) is 7.22. The Morgan fingerprint density at radius 3 is 2.67 bits per heavy atom. The van der Waals surface area contributed by atoms with Crippen molar-refractivity contribution in [2.75, 3.05) is 13.7 Å². The van der Waals surface area contributed by atoms with Crippen LogP contribution in [0.3, 0.4) is 0 Å². The zero-order chi connectivity index (χ0) is 11.1. The zero-order valence-corrected chi connectivity index (χ0v) is 8.77. The lowest BCUT2D eigenvalue weighted by Crippen LogP contribution is -2.34. The van der Waals surface area contributed by atoms with Crippen LogP contribution in [0, 0.1) is 0 Å². The zero-order valence-electron chi connectivity index (χ0n) is 8.77. The minimum Gasteiger partial charge on any atom is -0.448 e. The van der Waals surface area contributed by atoms with Crippen molar-refractivity contribution >= 4 is 6.09 Å². The number of rotatable bonds is 5. The van der Waals surface area contributed by atoms with Crippen LogP contribution in [-0.4, -0.2) is 25.8 Å². The highest BCUT2D eigenvalue weighted by Gasteiger charge is 2.08. The molecule has 3 N–H and O–H groups in total. The highest BCUT2D eigenvalue weighted by Crippen LogP contribution is 2.03. The van der Waals surface area contributed by atoms with Crippen molar-refractivity contribution in [2.24, 2.45) is 5.73 Å². The Morgan fingerprint density at radius 1 is 1.47 bits per heavy atom. The molecule has 0 heterocycles. The number of ether oxygens (including phenoxy) is 1. The summed E-state index contributed by atoms with van der Waals surface area (Å²) < 4.78 is 4.74. The molecule has 0 aliphatic carbocycles. The van der Waals surface area contributed by atoms with Crippen LogP contribution in [0.1, 0.15) is 5.56 Å². The topological polar surface area (TPSA) is 64.3 Å². The van der Waals surface area contributed by atoms with Crippen molar-refractivity contribution in [2.45, 2.75) is 12.5 Å². The summed E-state index contributed by atoms with van der Waals surface area (Å²) in [6.07, 6.45) is 0.0771. The Morgan fingerprint density at radius 2 is 2.13 bits per heavy atom. The largest absolute Gasteiger partial charge is 0.448 e. The van der Waals surface area contributed by atoms with Gasteiger partial charge in [-0.25, -0.2) is 4.79 Å². The van der Waals surface area contributed by atoms with Gasteiger partial charge in [0.25, 0.3) is 0 Å². The molecule has 4 heteroatoms. The standard InChI is InChI=1S/C11H16N2O2/c1-13-10(8-15-11(12)14)7-9-5-3-2-4-6-9/h2-6,10,13H,7-8H2,1H3,(H2,12,14)/t10-/m1/s1. The van der Waals surface area contributed by atoms with E-state index in [2.05, 4.69) is 5.32 Å². The molecule has 0 aromatic heterocycles. The number of benzene rings is 1. The lowest BCUT2D eigenvalue weighted by atomic mass is 10.1. The van der Waals surface area contributed by atoms with Gasteiger partial charge in [-0.1, -0.05) is 30.3 Å². The maximum Gasteiger partial charge on any atom is 0.404 e. The second kappa shape index (κ2) is 6.03. The summed E-state index contributed by atoms with van der Waals surface area (Å²) in [5, 5.41) is 3.07. The molecule has 0 radical (unpaired) electrons. The van der Waals surface area contributed by atoms with Crippen molar-refractivity contribution in [1.29, 1.82) is 0 Å². The third kappa shape index (κ3) is 4.46. The van der Waals surface area contributed by atoms with Crippen molar-refractivity contribution in [3.05, 3.63) is 35.9 Å². The summed E-state index contributed by atoms with van der Waals surface area (Å²) in [7, 11) is 1.83. The average molecular weight is 208 g/mol. The third-order valence-corrected chi connectivity index (χ3v) is 2.16. The number of nitrogens with two attached hydrogens (primary N) is 1. The monoisotopic (exact) mass is 208 g/mol. The number of nitrogens with one attached hydrogen (secondary N) is 1. The summed E-state index contributed by atoms with van der Waals surface area (Å²) in [6.45, 7) is 0.292. The van der Waals surface area contributed by atoms with Crippen LogP contribution in [0.2, 0.25) is 0 Å². The molecule has 1 aromatic carbocycles. The molecule has 1 rings (SSSR count). The molecule has 1 amide bonds. The number of hydrogen-bond donors (Lipinski definition) is 2. The van der Waals surface area contributed by atoms with E-state index in [9.17, 15) is 4.79 Å². The van der Waals surface area contributed by atoms with Crippen LogP contribution in [0.15, 0.2) is 30.3 Å². The summed E-state index contributed by atoms with van der Waals surface area (Å²) in [4.78, 5) is 10.4. The fourth-order valence-electron chi connectivity index (χ4n) is 1.33. The van der Waals surface area contributed by atoms with Gasteiger partial charge in [0, 0.05) is 6.04 Å².